The van der Waals surface area contributed by atoms with Crippen molar-refractivity contribution in [2.45, 2.75) is 32.0 Å². The number of nitriles is 1. The van der Waals surface area contributed by atoms with Crippen LogP contribution in [0.2, 0.25) is 0 Å². The van der Waals surface area contributed by atoms with Crippen LogP contribution in [0, 0.1) is 18.3 Å². The number of carboxylic acids is 1. The minimum absolute atomic E-state index is 0.0639. The Hall–Kier alpha value is -3.99. The van der Waals surface area contributed by atoms with E-state index in [1.807, 2.05) is 37.3 Å². The van der Waals surface area contributed by atoms with Gasteiger partial charge in [-0.15, -0.1) is 0 Å². The number of amides is 1. The predicted molar refractivity (Wildman–Crippen MR) is 129 cm³/mol. The predicted octanol–water partition coefficient (Wildman–Crippen LogP) is 3.71. The fourth-order valence-corrected chi connectivity index (χ4v) is 3.66. The Labute approximate surface area is 199 Å². The van der Waals surface area contributed by atoms with Gasteiger partial charge in [-0.2, -0.15) is 5.26 Å². The van der Waals surface area contributed by atoms with Crippen LogP contribution < -0.4 is 10.6 Å². The third kappa shape index (κ3) is 6.51. The van der Waals surface area contributed by atoms with Crippen molar-refractivity contribution in [3.63, 3.8) is 0 Å². The van der Waals surface area contributed by atoms with E-state index < -0.39 is 18.1 Å². The molecule has 0 bridgehead atoms. The molecule has 3 rings (SSSR count). The number of carbonyl (C=O) groups is 2. The van der Waals surface area contributed by atoms with E-state index >= 15 is 0 Å². The zero-order valence-electron chi connectivity index (χ0n) is 18.9. The Kier molecular flexibility index (Phi) is 8.52. The average molecular weight is 458 g/mol. The van der Waals surface area contributed by atoms with Crippen molar-refractivity contribution >= 4 is 17.6 Å². The molecular weight excluding hydrogens is 430 g/mol. The van der Waals surface area contributed by atoms with Crippen LogP contribution in [-0.4, -0.2) is 35.7 Å². The molecule has 2 atom stereocenters. The fraction of sp³-hybridized carbons (Fsp3) is 0.222. The van der Waals surface area contributed by atoms with Crippen molar-refractivity contribution in [2.24, 2.45) is 5.73 Å². The van der Waals surface area contributed by atoms with E-state index in [1.54, 1.807) is 36.4 Å². The molecule has 0 spiro atoms. The molecular formula is C27H27N3O4. The lowest BCUT2D eigenvalue weighted by Crippen LogP contribution is -2.51. The van der Waals surface area contributed by atoms with Crippen molar-refractivity contribution in [3.05, 3.63) is 101 Å². The van der Waals surface area contributed by atoms with Gasteiger partial charge < -0.3 is 15.6 Å². The number of aromatic carboxylic acids is 1. The Morgan fingerprint density at radius 3 is 2.41 bits per heavy atom. The van der Waals surface area contributed by atoms with E-state index in [0.717, 1.165) is 11.1 Å². The van der Waals surface area contributed by atoms with Gasteiger partial charge in [0.15, 0.2) is 0 Å². The van der Waals surface area contributed by atoms with E-state index in [2.05, 4.69) is 6.07 Å². The van der Waals surface area contributed by atoms with Gasteiger partial charge in [0.1, 0.15) is 6.04 Å². The molecule has 0 saturated carbocycles. The first kappa shape index (κ1) is 24.6. The molecule has 0 radical (unpaired) electrons. The van der Waals surface area contributed by atoms with Gasteiger partial charge in [-0.05, 0) is 48.7 Å². The lowest BCUT2D eigenvalue weighted by Gasteiger charge is -2.30. The molecule has 0 aliphatic rings. The summed E-state index contributed by atoms with van der Waals surface area (Å²) in [6, 6.07) is 23.5. The van der Waals surface area contributed by atoms with Gasteiger partial charge in [0.2, 0.25) is 5.91 Å². The van der Waals surface area contributed by atoms with Crippen molar-refractivity contribution in [1.29, 1.82) is 5.26 Å². The van der Waals surface area contributed by atoms with Gasteiger partial charge in [0.25, 0.3) is 0 Å². The van der Waals surface area contributed by atoms with Crippen LogP contribution in [0.25, 0.3) is 0 Å². The van der Waals surface area contributed by atoms with Crippen LogP contribution in [0.3, 0.4) is 0 Å². The molecule has 0 fully saturated rings. The van der Waals surface area contributed by atoms with Crippen LogP contribution in [0.4, 0.5) is 5.69 Å². The standard InChI is InChI=1S/C27H27N3O4/c1-19-7-5-8-20(13-19)15-25(29)26(31)30(23-11-3-2-4-12-23)24(16-28)18-34-17-21-9-6-10-22(14-21)27(32)33/h2-14,24-25H,15,17-18,29H2,1H3,(H,32,33)/t24?,25-/m0/s1. The summed E-state index contributed by atoms with van der Waals surface area (Å²) in [4.78, 5) is 26.0. The van der Waals surface area contributed by atoms with Crippen LogP contribution in [-0.2, 0) is 22.6 Å². The number of anilines is 1. The molecule has 3 aromatic rings. The van der Waals surface area contributed by atoms with Gasteiger partial charge in [0.05, 0.1) is 30.9 Å². The molecule has 174 valence electrons. The van der Waals surface area contributed by atoms with E-state index in [0.29, 0.717) is 17.7 Å². The lowest BCUT2D eigenvalue weighted by atomic mass is 10.0. The number of ether oxygens (including phenoxy) is 1. The zero-order chi connectivity index (χ0) is 24.5. The highest BCUT2D eigenvalue weighted by atomic mass is 16.5. The van der Waals surface area contributed by atoms with E-state index in [1.165, 1.54) is 17.0 Å². The Bertz CT molecular complexity index is 1170. The molecule has 34 heavy (non-hydrogen) atoms. The normalized spacial score (nSPS) is 12.4. The first-order chi connectivity index (χ1) is 16.4. The summed E-state index contributed by atoms with van der Waals surface area (Å²) in [5.74, 6) is -1.41. The second-order valence-electron chi connectivity index (χ2n) is 8.01. The Balaban J connectivity index is 1.75. The molecule has 1 unspecified atom stereocenters. The topological polar surface area (TPSA) is 117 Å². The summed E-state index contributed by atoms with van der Waals surface area (Å²) in [5.41, 5.74) is 9.68. The number of benzene rings is 3. The van der Waals surface area contributed by atoms with E-state index in [9.17, 15) is 14.9 Å². The first-order valence-corrected chi connectivity index (χ1v) is 10.9. The number of carbonyl (C=O) groups excluding carboxylic acids is 1. The van der Waals surface area contributed by atoms with Crippen molar-refractivity contribution < 1.29 is 19.4 Å². The molecule has 0 aromatic heterocycles. The maximum atomic E-state index is 13.4. The van der Waals surface area contributed by atoms with Crippen LogP contribution in [0.5, 0.6) is 0 Å². The minimum atomic E-state index is -1.03. The molecule has 7 heteroatoms. The van der Waals surface area contributed by atoms with Crippen molar-refractivity contribution in [3.8, 4) is 6.07 Å². The summed E-state index contributed by atoms with van der Waals surface area (Å²) >= 11 is 0. The summed E-state index contributed by atoms with van der Waals surface area (Å²) in [5, 5.41) is 19.0. The minimum Gasteiger partial charge on any atom is -0.478 e. The molecule has 0 aliphatic carbocycles. The SMILES string of the molecule is Cc1cccc(C[C@H](N)C(=O)N(c2ccccc2)C(C#N)COCc2cccc(C(=O)O)c2)c1. The van der Waals surface area contributed by atoms with E-state index in [-0.39, 0.29) is 24.7 Å². The lowest BCUT2D eigenvalue weighted by molar-refractivity contribution is -0.120. The van der Waals surface area contributed by atoms with Crippen LogP contribution in [0.15, 0.2) is 78.9 Å². The van der Waals surface area contributed by atoms with Gasteiger partial charge in [-0.25, -0.2) is 4.79 Å². The largest absolute Gasteiger partial charge is 0.478 e. The maximum absolute atomic E-state index is 13.4. The Morgan fingerprint density at radius 2 is 1.74 bits per heavy atom. The Morgan fingerprint density at radius 1 is 1.03 bits per heavy atom. The molecule has 1 amide bonds. The van der Waals surface area contributed by atoms with Gasteiger partial charge in [-0.1, -0.05) is 60.2 Å². The number of rotatable bonds is 10. The highest BCUT2D eigenvalue weighted by Gasteiger charge is 2.29. The van der Waals surface area contributed by atoms with Crippen molar-refractivity contribution in [1.82, 2.24) is 0 Å². The molecule has 3 N–H and O–H groups in total. The zero-order valence-corrected chi connectivity index (χ0v) is 18.9. The number of nitrogens with zero attached hydrogens (tertiary/aromatic N) is 2. The third-order valence-electron chi connectivity index (χ3n) is 5.31. The average Bonchev–Trinajstić information content (AvgIpc) is 2.84. The number of para-hydroxylation sites is 1. The van der Waals surface area contributed by atoms with E-state index in [4.69, 9.17) is 15.6 Å². The van der Waals surface area contributed by atoms with Crippen molar-refractivity contribution in [2.75, 3.05) is 11.5 Å². The second kappa shape index (κ2) is 11.8. The van der Waals surface area contributed by atoms with Gasteiger partial charge >= 0.3 is 5.97 Å². The maximum Gasteiger partial charge on any atom is 0.335 e. The number of hydrogen-bond acceptors (Lipinski definition) is 5. The van der Waals surface area contributed by atoms with Gasteiger partial charge in [-0.3, -0.25) is 9.69 Å². The number of nitrogens with two attached hydrogens (primary N) is 1. The summed E-state index contributed by atoms with van der Waals surface area (Å²) < 4.78 is 5.72. The molecule has 3 aromatic carbocycles. The molecule has 7 nitrogen and oxygen atoms in total. The fourth-order valence-electron chi connectivity index (χ4n) is 3.66. The number of carboxylic acid groups (broad SMARTS) is 1. The first-order valence-electron chi connectivity index (χ1n) is 10.9. The molecule has 0 aliphatic heterocycles. The quantitative estimate of drug-likeness (QED) is 0.479. The smallest absolute Gasteiger partial charge is 0.335 e. The third-order valence-corrected chi connectivity index (χ3v) is 5.31. The van der Waals surface area contributed by atoms with Crippen LogP contribution in [0.1, 0.15) is 27.0 Å². The summed E-state index contributed by atoms with van der Waals surface area (Å²) in [7, 11) is 0. The molecule has 0 heterocycles. The summed E-state index contributed by atoms with van der Waals surface area (Å²) in [6.07, 6.45) is 0.338. The van der Waals surface area contributed by atoms with Gasteiger partial charge in [0, 0.05) is 5.69 Å². The number of hydrogen-bond donors (Lipinski definition) is 2. The monoisotopic (exact) mass is 457 g/mol. The highest BCUT2D eigenvalue weighted by molar-refractivity contribution is 5.98. The number of aryl methyl sites for hydroxylation is 1. The molecule has 0 saturated heterocycles. The van der Waals surface area contributed by atoms with Crippen LogP contribution >= 0.6 is 0 Å². The second-order valence-corrected chi connectivity index (χ2v) is 8.01. The highest BCUT2D eigenvalue weighted by Crippen LogP contribution is 2.20. The summed E-state index contributed by atoms with van der Waals surface area (Å²) in [6.45, 7) is 2.01.